The molecule has 1 amide bonds. The van der Waals surface area contributed by atoms with E-state index in [9.17, 15) is 29.2 Å². The maximum absolute atomic E-state index is 13.4. The Bertz CT molecular complexity index is 1780. The lowest BCUT2D eigenvalue weighted by molar-refractivity contribution is -0.383. The second-order valence-corrected chi connectivity index (χ2v) is 11.9. The standard InChI is InChI=1S/C34H39FN6O9/c1-2-34(33(43)44,38-32(42)27-10-9-25(23-5-6-23)28(37-27)21-22-3-7-24(35)8-4-22)13-15-47-17-19-49-20-18-48-16-14-36-26-11-12-29(41(45)46)31-30(26)39-50-40-31/h3-4,7-12,23,36H,2,5-6,13-21H2,1H3,(H,38,42)(H,43,44). The zero-order valence-electron chi connectivity index (χ0n) is 27.6. The molecule has 1 saturated carbocycles. The second-order valence-electron chi connectivity index (χ2n) is 11.9. The van der Waals surface area contributed by atoms with Crippen LogP contribution in [-0.4, -0.2) is 88.9 Å². The molecule has 1 atom stereocenters. The van der Waals surface area contributed by atoms with E-state index in [1.165, 1.54) is 24.3 Å². The number of aliphatic carboxylic acids is 1. The molecule has 2 aromatic heterocycles. The Morgan fingerprint density at radius 2 is 1.66 bits per heavy atom. The number of nitrogens with zero attached hydrogens (tertiary/aromatic N) is 4. The maximum atomic E-state index is 13.4. The van der Waals surface area contributed by atoms with Crippen molar-refractivity contribution in [3.63, 3.8) is 0 Å². The lowest BCUT2D eigenvalue weighted by Crippen LogP contribution is -2.55. The van der Waals surface area contributed by atoms with Crippen LogP contribution in [0.25, 0.3) is 11.0 Å². The van der Waals surface area contributed by atoms with Crippen molar-refractivity contribution in [2.24, 2.45) is 0 Å². The van der Waals surface area contributed by atoms with Crippen molar-refractivity contribution in [3.8, 4) is 0 Å². The number of ether oxygens (including phenoxy) is 3. The summed E-state index contributed by atoms with van der Waals surface area (Å²) in [5.41, 5.74) is 1.86. The van der Waals surface area contributed by atoms with Gasteiger partial charge in [-0.1, -0.05) is 25.1 Å². The Hall–Kier alpha value is -5.06. The average molecular weight is 695 g/mol. The summed E-state index contributed by atoms with van der Waals surface area (Å²) in [4.78, 5) is 40.9. The maximum Gasteiger partial charge on any atom is 0.329 e. The SMILES string of the molecule is CCC(CCOCCOCCOCCNc1ccc([N+](=O)[O-])c2nonc12)(NC(=O)c1ccc(C2CC2)c(Cc2ccc(F)cc2)n1)C(=O)O. The van der Waals surface area contributed by atoms with Crippen molar-refractivity contribution in [2.45, 2.75) is 50.5 Å². The number of pyridine rings is 1. The average Bonchev–Trinajstić information content (AvgIpc) is 3.83. The molecule has 0 radical (unpaired) electrons. The van der Waals surface area contributed by atoms with E-state index >= 15 is 0 Å². The van der Waals surface area contributed by atoms with Gasteiger partial charge in [0, 0.05) is 37.8 Å². The lowest BCUT2D eigenvalue weighted by atomic mass is 9.92. The van der Waals surface area contributed by atoms with E-state index in [1.807, 2.05) is 6.07 Å². The Kier molecular flexibility index (Phi) is 12.4. The number of nitro benzene ring substituents is 1. The van der Waals surface area contributed by atoms with Crippen LogP contribution in [0.2, 0.25) is 0 Å². The molecule has 15 nitrogen and oxygen atoms in total. The van der Waals surface area contributed by atoms with Crippen molar-refractivity contribution >= 4 is 34.3 Å². The van der Waals surface area contributed by atoms with Crippen LogP contribution in [0.4, 0.5) is 15.8 Å². The molecule has 0 bridgehead atoms. The number of rotatable bonds is 21. The van der Waals surface area contributed by atoms with Gasteiger partial charge in [-0.25, -0.2) is 18.8 Å². The summed E-state index contributed by atoms with van der Waals surface area (Å²) < 4.78 is 34.8. The normalized spacial score (nSPS) is 14.0. The fraction of sp³-hybridized carbons (Fsp3) is 0.441. The first-order valence-electron chi connectivity index (χ1n) is 16.4. The molecule has 5 rings (SSSR count). The lowest BCUT2D eigenvalue weighted by Gasteiger charge is -2.29. The Morgan fingerprint density at radius 3 is 2.32 bits per heavy atom. The van der Waals surface area contributed by atoms with E-state index in [4.69, 9.17) is 14.2 Å². The molecule has 2 aromatic carbocycles. The number of carbonyl (C=O) groups is 2. The Morgan fingerprint density at radius 1 is 0.980 bits per heavy atom. The van der Waals surface area contributed by atoms with Crippen LogP contribution in [0, 0.1) is 15.9 Å². The molecule has 1 fully saturated rings. The fourth-order valence-corrected chi connectivity index (χ4v) is 5.45. The number of fused-ring (bicyclic) bond motifs is 1. The molecular formula is C34H39FN6O9. The van der Waals surface area contributed by atoms with Gasteiger partial charge in [0.2, 0.25) is 5.52 Å². The number of nitro groups is 1. The molecule has 1 aliphatic carbocycles. The largest absolute Gasteiger partial charge is 0.480 e. The van der Waals surface area contributed by atoms with Gasteiger partial charge in [0.1, 0.15) is 17.1 Å². The van der Waals surface area contributed by atoms with E-state index < -0.39 is 22.3 Å². The third-order valence-corrected chi connectivity index (χ3v) is 8.48. The number of carboxylic acids is 1. The number of carbonyl (C=O) groups excluding carboxylic acids is 1. The predicted octanol–water partition coefficient (Wildman–Crippen LogP) is 4.65. The number of aromatic nitrogens is 3. The molecule has 2 heterocycles. The fourth-order valence-electron chi connectivity index (χ4n) is 5.45. The van der Waals surface area contributed by atoms with Crippen molar-refractivity contribution in [1.82, 2.24) is 20.6 Å². The van der Waals surface area contributed by atoms with Gasteiger partial charge in [0.15, 0.2) is 5.52 Å². The van der Waals surface area contributed by atoms with E-state index in [2.05, 4.69) is 30.6 Å². The van der Waals surface area contributed by atoms with E-state index in [-0.39, 0.29) is 60.9 Å². The zero-order chi connectivity index (χ0) is 35.5. The summed E-state index contributed by atoms with van der Waals surface area (Å²) in [6, 6.07) is 12.5. The third-order valence-electron chi connectivity index (χ3n) is 8.48. The Balaban J connectivity index is 1.01. The van der Waals surface area contributed by atoms with Gasteiger partial charge < -0.3 is 30.0 Å². The van der Waals surface area contributed by atoms with Gasteiger partial charge in [-0.15, -0.1) is 0 Å². The predicted molar refractivity (Wildman–Crippen MR) is 178 cm³/mol. The van der Waals surface area contributed by atoms with Crippen molar-refractivity contribution in [3.05, 3.63) is 87.0 Å². The van der Waals surface area contributed by atoms with E-state index in [1.54, 1.807) is 25.1 Å². The van der Waals surface area contributed by atoms with Gasteiger partial charge in [-0.3, -0.25) is 14.9 Å². The second kappa shape index (κ2) is 17.0. The van der Waals surface area contributed by atoms with Crippen LogP contribution < -0.4 is 10.6 Å². The molecule has 0 spiro atoms. The van der Waals surface area contributed by atoms with Crippen LogP contribution in [0.5, 0.6) is 0 Å². The summed E-state index contributed by atoms with van der Waals surface area (Å²) in [6.07, 6.45) is 2.68. The molecular weight excluding hydrogens is 655 g/mol. The minimum Gasteiger partial charge on any atom is -0.480 e. The van der Waals surface area contributed by atoms with Crippen molar-refractivity contribution in [2.75, 3.05) is 51.5 Å². The van der Waals surface area contributed by atoms with E-state index in [0.29, 0.717) is 44.4 Å². The van der Waals surface area contributed by atoms with Gasteiger partial charge in [-0.05, 0) is 70.9 Å². The molecule has 0 saturated heterocycles. The first-order chi connectivity index (χ1) is 24.2. The molecule has 0 aliphatic heterocycles. The minimum absolute atomic E-state index is 0.0365. The molecule has 266 valence electrons. The molecule has 3 N–H and O–H groups in total. The highest BCUT2D eigenvalue weighted by Crippen LogP contribution is 2.41. The number of benzene rings is 2. The smallest absolute Gasteiger partial charge is 0.329 e. The number of nitrogens with one attached hydrogen (secondary N) is 2. The summed E-state index contributed by atoms with van der Waals surface area (Å²) in [5.74, 6) is -1.72. The number of hydrogen-bond acceptors (Lipinski definition) is 12. The third kappa shape index (κ3) is 9.34. The topological polar surface area (TPSA) is 201 Å². The first-order valence-corrected chi connectivity index (χ1v) is 16.4. The summed E-state index contributed by atoms with van der Waals surface area (Å²) in [6.45, 7) is 3.59. The summed E-state index contributed by atoms with van der Waals surface area (Å²) in [5, 5.41) is 34.3. The van der Waals surface area contributed by atoms with Gasteiger partial charge in [0.25, 0.3) is 5.91 Å². The molecule has 16 heteroatoms. The quantitative estimate of drug-likeness (QED) is 0.0619. The zero-order valence-corrected chi connectivity index (χ0v) is 27.6. The van der Waals surface area contributed by atoms with Crippen LogP contribution in [0.15, 0.2) is 53.2 Å². The number of non-ortho nitro benzene ring substituents is 1. The number of anilines is 1. The molecule has 1 aliphatic rings. The molecule has 1 unspecified atom stereocenters. The first kappa shape index (κ1) is 36.2. The Labute approximate surface area is 286 Å². The van der Waals surface area contributed by atoms with Crippen LogP contribution in [-0.2, 0) is 25.4 Å². The highest BCUT2D eigenvalue weighted by Gasteiger charge is 2.39. The summed E-state index contributed by atoms with van der Waals surface area (Å²) >= 11 is 0. The van der Waals surface area contributed by atoms with Crippen LogP contribution >= 0.6 is 0 Å². The minimum atomic E-state index is -1.56. The van der Waals surface area contributed by atoms with E-state index in [0.717, 1.165) is 29.7 Å². The van der Waals surface area contributed by atoms with Gasteiger partial charge >= 0.3 is 11.7 Å². The highest BCUT2D eigenvalue weighted by molar-refractivity contribution is 5.96. The number of hydrogen-bond donors (Lipinski definition) is 3. The molecule has 4 aromatic rings. The van der Waals surface area contributed by atoms with Crippen LogP contribution in [0.1, 0.15) is 65.8 Å². The molecule has 50 heavy (non-hydrogen) atoms. The summed E-state index contributed by atoms with van der Waals surface area (Å²) in [7, 11) is 0. The highest BCUT2D eigenvalue weighted by atomic mass is 19.1. The van der Waals surface area contributed by atoms with Crippen LogP contribution in [0.3, 0.4) is 0 Å². The van der Waals surface area contributed by atoms with Gasteiger partial charge in [0.05, 0.1) is 43.6 Å². The van der Waals surface area contributed by atoms with Crippen molar-refractivity contribution < 1.29 is 42.8 Å². The van der Waals surface area contributed by atoms with Crippen molar-refractivity contribution in [1.29, 1.82) is 0 Å². The number of halogens is 1. The number of carboxylic acid groups (broad SMARTS) is 1. The van der Waals surface area contributed by atoms with Gasteiger partial charge in [-0.2, -0.15) is 0 Å². The number of amides is 1. The monoisotopic (exact) mass is 694 g/mol.